The summed E-state index contributed by atoms with van der Waals surface area (Å²) in [7, 11) is 0. The Morgan fingerprint density at radius 3 is 2.52 bits per heavy atom. The van der Waals surface area contributed by atoms with Gasteiger partial charge in [0.15, 0.2) is 0 Å². The summed E-state index contributed by atoms with van der Waals surface area (Å²) in [4.78, 5) is 0. The van der Waals surface area contributed by atoms with Gasteiger partial charge in [-0.05, 0) is 65.1 Å². The fourth-order valence-corrected chi connectivity index (χ4v) is 2.69. The van der Waals surface area contributed by atoms with Gasteiger partial charge in [0.2, 0.25) is 0 Å². The maximum Gasteiger partial charge on any atom is 0.119 e. The maximum absolute atomic E-state index is 9.91. The Balaban J connectivity index is 1.79. The molecule has 2 N–H and O–H groups in total. The van der Waals surface area contributed by atoms with E-state index in [9.17, 15) is 5.11 Å². The van der Waals surface area contributed by atoms with Gasteiger partial charge < -0.3 is 15.2 Å². The van der Waals surface area contributed by atoms with E-state index in [4.69, 9.17) is 27.9 Å². The molecule has 0 saturated heterocycles. The minimum atomic E-state index is -0.643. The van der Waals surface area contributed by atoms with E-state index in [1.54, 1.807) is 24.3 Å². The van der Waals surface area contributed by atoms with Gasteiger partial charge in [0.25, 0.3) is 0 Å². The first-order valence-corrected chi connectivity index (χ1v) is 8.13. The fourth-order valence-electron chi connectivity index (χ4n) is 1.64. The van der Waals surface area contributed by atoms with Crippen LogP contribution in [-0.2, 0) is 0 Å². The van der Waals surface area contributed by atoms with Crippen molar-refractivity contribution in [3.8, 4) is 5.75 Å². The lowest BCUT2D eigenvalue weighted by atomic mass is 10.3. The number of nitrogens with one attached hydrogen (secondary N) is 1. The van der Waals surface area contributed by atoms with E-state index in [0.717, 1.165) is 9.26 Å². The summed E-state index contributed by atoms with van der Waals surface area (Å²) in [6.07, 6.45) is -0.643. The molecule has 2 aromatic carbocycles. The topological polar surface area (TPSA) is 41.5 Å². The minimum absolute atomic E-state index is 0.191. The zero-order valence-corrected chi connectivity index (χ0v) is 14.7. The standard InChI is InChI=1S/C15H14Cl2INO2/c16-10-1-4-13(5-2-10)21-9-12(20)8-19-15-6-3-11(18)7-14(15)17/h1-7,12,19-20H,8-9H2. The molecule has 0 radical (unpaired) electrons. The van der Waals surface area contributed by atoms with Crippen LogP contribution in [0.1, 0.15) is 0 Å². The first-order chi connectivity index (χ1) is 10.0. The maximum atomic E-state index is 9.91. The summed E-state index contributed by atoms with van der Waals surface area (Å²) < 4.78 is 6.54. The van der Waals surface area contributed by atoms with Crippen LogP contribution in [0.25, 0.3) is 0 Å². The van der Waals surface area contributed by atoms with Crippen LogP contribution in [0.15, 0.2) is 42.5 Å². The van der Waals surface area contributed by atoms with Crippen LogP contribution in [0.4, 0.5) is 5.69 Å². The van der Waals surface area contributed by atoms with Crippen LogP contribution >= 0.6 is 45.8 Å². The third-order valence-corrected chi connectivity index (χ3v) is 3.95. The number of hydrogen-bond donors (Lipinski definition) is 2. The molecule has 0 aliphatic rings. The van der Waals surface area contributed by atoms with Crippen LogP contribution in [0, 0.1) is 3.57 Å². The molecule has 112 valence electrons. The summed E-state index contributed by atoms with van der Waals surface area (Å²) in [5.74, 6) is 0.672. The SMILES string of the molecule is OC(CNc1ccc(I)cc1Cl)COc1ccc(Cl)cc1. The Morgan fingerprint density at radius 2 is 1.86 bits per heavy atom. The summed E-state index contributed by atoms with van der Waals surface area (Å²) in [6.45, 7) is 0.546. The van der Waals surface area contributed by atoms with Crippen LogP contribution in [0.5, 0.6) is 5.75 Å². The molecular formula is C15H14Cl2INO2. The second-order valence-corrected chi connectivity index (χ2v) is 6.51. The van der Waals surface area contributed by atoms with E-state index in [1.807, 2.05) is 18.2 Å². The monoisotopic (exact) mass is 437 g/mol. The molecule has 3 nitrogen and oxygen atoms in total. The van der Waals surface area contributed by atoms with Crippen molar-refractivity contribution >= 4 is 51.5 Å². The van der Waals surface area contributed by atoms with E-state index in [1.165, 1.54) is 0 Å². The molecule has 2 aromatic rings. The van der Waals surface area contributed by atoms with Crippen molar-refractivity contribution in [2.45, 2.75) is 6.10 Å². The number of anilines is 1. The number of aliphatic hydroxyl groups is 1. The Hall–Kier alpha value is -0.690. The summed E-state index contributed by atoms with van der Waals surface area (Å²) in [6, 6.07) is 12.7. The quantitative estimate of drug-likeness (QED) is 0.656. The molecule has 0 spiro atoms. The van der Waals surface area contributed by atoms with Gasteiger partial charge in [-0.1, -0.05) is 23.2 Å². The van der Waals surface area contributed by atoms with Crippen LogP contribution in [0.2, 0.25) is 10.0 Å². The largest absolute Gasteiger partial charge is 0.491 e. The summed E-state index contributed by atoms with van der Waals surface area (Å²) >= 11 is 14.1. The summed E-state index contributed by atoms with van der Waals surface area (Å²) in [5, 5.41) is 14.3. The molecule has 0 aromatic heterocycles. The highest BCUT2D eigenvalue weighted by Gasteiger charge is 2.07. The van der Waals surface area contributed by atoms with Crippen molar-refractivity contribution in [2.75, 3.05) is 18.5 Å². The highest BCUT2D eigenvalue weighted by molar-refractivity contribution is 14.1. The van der Waals surface area contributed by atoms with Crippen molar-refractivity contribution in [1.82, 2.24) is 0 Å². The first-order valence-electron chi connectivity index (χ1n) is 6.30. The number of aliphatic hydroxyl groups excluding tert-OH is 1. The first kappa shape index (κ1) is 16.7. The number of hydrogen-bond acceptors (Lipinski definition) is 3. The molecule has 1 atom stereocenters. The molecule has 2 rings (SSSR count). The molecule has 6 heteroatoms. The second-order valence-electron chi connectivity index (χ2n) is 4.42. The van der Waals surface area contributed by atoms with E-state index < -0.39 is 6.10 Å². The van der Waals surface area contributed by atoms with Crippen molar-refractivity contribution in [3.05, 3.63) is 56.1 Å². The predicted octanol–water partition coefficient (Wildman–Crippen LogP) is 4.45. The highest BCUT2D eigenvalue weighted by Crippen LogP contribution is 2.23. The average Bonchev–Trinajstić information content (AvgIpc) is 2.46. The van der Waals surface area contributed by atoms with Crippen molar-refractivity contribution in [3.63, 3.8) is 0 Å². The molecule has 21 heavy (non-hydrogen) atoms. The number of halogens is 3. The molecule has 1 unspecified atom stereocenters. The molecule has 0 saturated carbocycles. The Labute approximate surface area is 147 Å². The molecule has 0 amide bonds. The minimum Gasteiger partial charge on any atom is -0.491 e. The van der Waals surface area contributed by atoms with Gasteiger partial charge in [0.05, 0.1) is 10.7 Å². The molecule has 0 aliphatic heterocycles. The van der Waals surface area contributed by atoms with E-state index >= 15 is 0 Å². The molecule has 0 bridgehead atoms. The van der Waals surface area contributed by atoms with Gasteiger partial charge in [0.1, 0.15) is 18.5 Å². The smallest absolute Gasteiger partial charge is 0.119 e. The van der Waals surface area contributed by atoms with Gasteiger partial charge in [-0.15, -0.1) is 0 Å². The molecule has 0 fully saturated rings. The Morgan fingerprint density at radius 1 is 1.14 bits per heavy atom. The highest BCUT2D eigenvalue weighted by atomic mass is 127. The number of ether oxygens (including phenoxy) is 1. The van der Waals surface area contributed by atoms with E-state index in [0.29, 0.717) is 22.3 Å². The van der Waals surface area contributed by atoms with Crippen molar-refractivity contribution < 1.29 is 9.84 Å². The lowest BCUT2D eigenvalue weighted by Crippen LogP contribution is -2.26. The van der Waals surface area contributed by atoms with Gasteiger partial charge >= 0.3 is 0 Å². The van der Waals surface area contributed by atoms with E-state index in [-0.39, 0.29) is 6.61 Å². The zero-order chi connectivity index (χ0) is 15.2. The zero-order valence-electron chi connectivity index (χ0n) is 11.0. The van der Waals surface area contributed by atoms with Crippen LogP contribution < -0.4 is 10.1 Å². The van der Waals surface area contributed by atoms with Crippen LogP contribution in [-0.4, -0.2) is 24.4 Å². The normalized spacial score (nSPS) is 12.0. The molecular weight excluding hydrogens is 424 g/mol. The van der Waals surface area contributed by atoms with Crippen molar-refractivity contribution in [2.24, 2.45) is 0 Å². The lowest BCUT2D eigenvalue weighted by molar-refractivity contribution is 0.117. The van der Waals surface area contributed by atoms with Gasteiger partial charge in [0, 0.05) is 15.1 Å². The number of rotatable bonds is 6. The van der Waals surface area contributed by atoms with Crippen LogP contribution in [0.3, 0.4) is 0 Å². The third-order valence-electron chi connectivity index (χ3n) is 2.72. The average molecular weight is 438 g/mol. The number of benzene rings is 2. The summed E-state index contributed by atoms with van der Waals surface area (Å²) in [5.41, 5.74) is 0.794. The Kier molecular flexibility index (Phi) is 6.41. The third kappa shape index (κ3) is 5.54. The Bertz CT molecular complexity index is 593. The molecule has 0 aliphatic carbocycles. The van der Waals surface area contributed by atoms with Gasteiger partial charge in [-0.25, -0.2) is 0 Å². The van der Waals surface area contributed by atoms with Crippen molar-refractivity contribution in [1.29, 1.82) is 0 Å². The molecule has 0 heterocycles. The van der Waals surface area contributed by atoms with E-state index in [2.05, 4.69) is 27.9 Å². The second kappa shape index (κ2) is 8.08. The van der Waals surface area contributed by atoms with Gasteiger partial charge in [-0.3, -0.25) is 0 Å². The van der Waals surface area contributed by atoms with Gasteiger partial charge in [-0.2, -0.15) is 0 Å². The predicted molar refractivity (Wildman–Crippen MR) is 95.6 cm³/mol. The lowest BCUT2D eigenvalue weighted by Gasteiger charge is -2.15. The fraction of sp³-hybridized carbons (Fsp3) is 0.200.